The van der Waals surface area contributed by atoms with Crippen LogP contribution in [-0.2, 0) is 16.1 Å². The third kappa shape index (κ3) is 7.72. The summed E-state index contributed by atoms with van der Waals surface area (Å²) >= 11 is 12.3. The van der Waals surface area contributed by atoms with E-state index in [-0.39, 0.29) is 25.0 Å². The van der Waals surface area contributed by atoms with E-state index in [4.69, 9.17) is 27.9 Å². The maximum atomic E-state index is 13.1. The molecule has 0 spiro atoms. The molecule has 0 heterocycles. The van der Waals surface area contributed by atoms with Crippen LogP contribution < -0.4 is 10.1 Å². The number of nitrogens with one attached hydrogen (secondary N) is 1. The van der Waals surface area contributed by atoms with Crippen LogP contribution in [0.25, 0.3) is 0 Å². The molecule has 0 bridgehead atoms. The van der Waals surface area contributed by atoms with Gasteiger partial charge in [-0.1, -0.05) is 55.2 Å². The van der Waals surface area contributed by atoms with Crippen LogP contribution in [0.15, 0.2) is 42.5 Å². The monoisotopic (exact) mass is 478 g/mol. The Morgan fingerprint density at radius 3 is 2.19 bits per heavy atom. The number of benzene rings is 2. The van der Waals surface area contributed by atoms with Crippen molar-refractivity contribution < 1.29 is 14.3 Å². The zero-order chi connectivity index (χ0) is 24.1. The summed E-state index contributed by atoms with van der Waals surface area (Å²) in [5, 5.41) is 3.86. The minimum Gasteiger partial charge on any atom is -0.484 e. The molecule has 5 nitrogen and oxygen atoms in total. The number of carbonyl (C=O) groups excluding carboxylic acids is 2. The quantitative estimate of drug-likeness (QED) is 0.519. The third-order valence-electron chi connectivity index (χ3n) is 4.93. The van der Waals surface area contributed by atoms with Crippen LogP contribution >= 0.6 is 23.2 Å². The molecule has 2 amide bonds. The minimum atomic E-state index is -0.722. The van der Waals surface area contributed by atoms with Gasteiger partial charge in [0.15, 0.2) is 6.61 Å². The highest BCUT2D eigenvalue weighted by Crippen LogP contribution is 2.24. The molecular formula is C25H32Cl2N2O3. The zero-order valence-electron chi connectivity index (χ0n) is 19.5. The summed E-state index contributed by atoms with van der Waals surface area (Å²) in [4.78, 5) is 27.4. The number of rotatable bonds is 8. The lowest BCUT2D eigenvalue weighted by molar-refractivity contribution is -0.142. The van der Waals surface area contributed by atoms with Crippen LogP contribution in [0.2, 0.25) is 10.0 Å². The normalized spacial score (nSPS) is 12.4. The fraction of sp³-hybridized carbons (Fsp3) is 0.440. The molecular weight excluding hydrogens is 447 g/mol. The van der Waals surface area contributed by atoms with E-state index < -0.39 is 11.6 Å². The van der Waals surface area contributed by atoms with E-state index >= 15 is 0 Å². The van der Waals surface area contributed by atoms with Crippen molar-refractivity contribution >= 4 is 35.0 Å². The Hall–Kier alpha value is -2.24. The Labute approximate surface area is 201 Å². The Morgan fingerprint density at radius 1 is 1.03 bits per heavy atom. The number of hydrogen-bond acceptors (Lipinski definition) is 3. The predicted molar refractivity (Wildman–Crippen MR) is 130 cm³/mol. The van der Waals surface area contributed by atoms with Gasteiger partial charge in [-0.25, -0.2) is 0 Å². The van der Waals surface area contributed by atoms with E-state index in [2.05, 4.69) is 19.2 Å². The number of amides is 2. The van der Waals surface area contributed by atoms with Crippen molar-refractivity contribution in [1.29, 1.82) is 0 Å². The molecule has 0 saturated heterocycles. The number of nitrogens with zero attached hydrogens (tertiary/aromatic N) is 1. The fourth-order valence-electron chi connectivity index (χ4n) is 3.07. The van der Waals surface area contributed by atoms with Gasteiger partial charge in [0.1, 0.15) is 11.8 Å². The fourth-order valence-corrected chi connectivity index (χ4v) is 3.54. The zero-order valence-corrected chi connectivity index (χ0v) is 21.1. The first-order valence-corrected chi connectivity index (χ1v) is 11.4. The molecule has 32 heavy (non-hydrogen) atoms. The molecule has 0 fully saturated rings. The second kappa shape index (κ2) is 11.1. The summed E-state index contributed by atoms with van der Waals surface area (Å²) in [5.41, 5.74) is 1.46. The molecule has 0 aliphatic heterocycles. The summed E-state index contributed by atoms with van der Waals surface area (Å²) in [6, 6.07) is 12.0. The van der Waals surface area contributed by atoms with Crippen molar-refractivity contribution in [3.05, 3.63) is 63.6 Å². The molecule has 2 aromatic rings. The number of carbonyl (C=O) groups is 2. The van der Waals surface area contributed by atoms with Crippen molar-refractivity contribution in [2.24, 2.45) is 0 Å². The average molecular weight is 479 g/mol. The Morgan fingerprint density at radius 2 is 1.66 bits per heavy atom. The second-order valence-electron chi connectivity index (χ2n) is 9.19. The van der Waals surface area contributed by atoms with E-state index in [1.165, 1.54) is 10.5 Å². The minimum absolute atomic E-state index is 0.156. The van der Waals surface area contributed by atoms with Gasteiger partial charge >= 0.3 is 0 Å². The number of hydrogen-bond donors (Lipinski definition) is 1. The topological polar surface area (TPSA) is 58.6 Å². The second-order valence-corrected chi connectivity index (χ2v) is 10.0. The molecule has 2 rings (SSSR count). The first-order chi connectivity index (χ1) is 14.9. The smallest absolute Gasteiger partial charge is 0.261 e. The van der Waals surface area contributed by atoms with E-state index in [1.54, 1.807) is 25.1 Å². The van der Waals surface area contributed by atoms with E-state index in [0.29, 0.717) is 27.3 Å². The molecule has 174 valence electrons. The van der Waals surface area contributed by atoms with E-state index in [0.717, 1.165) is 0 Å². The van der Waals surface area contributed by atoms with Gasteiger partial charge in [0, 0.05) is 22.1 Å². The molecule has 0 aliphatic rings. The average Bonchev–Trinajstić information content (AvgIpc) is 2.70. The van der Waals surface area contributed by atoms with Crippen LogP contribution in [-0.4, -0.2) is 34.9 Å². The Bertz CT molecular complexity index is 937. The molecule has 1 atom stereocenters. The summed E-state index contributed by atoms with van der Waals surface area (Å²) in [6.07, 6.45) is 0. The van der Waals surface area contributed by atoms with Gasteiger partial charge in [-0.2, -0.15) is 0 Å². The van der Waals surface area contributed by atoms with Gasteiger partial charge in [-0.3, -0.25) is 9.59 Å². The number of halogens is 2. The highest BCUT2D eigenvalue weighted by Gasteiger charge is 2.29. The largest absolute Gasteiger partial charge is 0.484 e. The standard InChI is InChI=1S/C25H32Cl2N2O3/c1-16(2)18-8-11-21(12-9-18)32-15-23(30)29(17(3)24(31)28-25(4,5)6)14-19-7-10-20(26)13-22(19)27/h7-13,16-17H,14-15H2,1-6H3,(H,28,31)/t17-/m0/s1. The predicted octanol–water partition coefficient (Wildman–Crippen LogP) is 5.83. The summed E-state index contributed by atoms with van der Waals surface area (Å²) in [5.74, 6) is 0.434. The van der Waals surface area contributed by atoms with E-state index in [9.17, 15) is 9.59 Å². The lowest BCUT2D eigenvalue weighted by Gasteiger charge is -2.31. The van der Waals surface area contributed by atoms with E-state index in [1.807, 2.05) is 45.0 Å². The van der Waals surface area contributed by atoms with Crippen molar-refractivity contribution in [1.82, 2.24) is 10.2 Å². The van der Waals surface area contributed by atoms with Gasteiger partial charge in [-0.15, -0.1) is 0 Å². The maximum absolute atomic E-state index is 13.1. The highest BCUT2D eigenvalue weighted by atomic mass is 35.5. The molecule has 0 aliphatic carbocycles. The van der Waals surface area contributed by atoms with Gasteiger partial charge < -0.3 is 15.0 Å². The molecule has 1 N–H and O–H groups in total. The lowest BCUT2D eigenvalue weighted by atomic mass is 10.0. The van der Waals surface area contributed by atoms with Crippen molar-refractivity contribution in [3.63, 3.8) is 0 Å². The molecule has 0 radical (unpaired) electrons. The third-order valence-corrected chi connectivity index (χ3v) is 5.52. The first-order valence-electron chi connectivity index (χ1n) is 10.7. The first kappa shape index (κ1) is 26.0. The highest BCUT2D eigenvalue weighted by molar-refractivity contribution is 6.35. The summed E-state index contributed by atoms with van der Waals surface area (Å²) in [6.45, 7) is 11.6. The molecule has 0 unspecified atom stereocenters. The van der Waals surface area contributed by atoms with Gasteiger partial charge in [-0.05, 0) is 69.0 Å². The maximum Gasteiger partial charge on any atom is 0.261 e. The Kier molecular flexibility index (Phi) is 8.99. The van der Waals surface area contributed by atoms with Crippen molar-refractivity contribution in [2.45, 2.75) is 65.6 Å². The van der Waals surface area contributed by atoms with Crippen LogP contribution in [0.3, 0.4) is 0 Å². The summed E-state index contributed by atoms with van der Waals surface area (Å²) < 4.78 is 5.72. The SMILES string of the molecule is CC(C)c1ccc(OCC(=O)N(Cc2ccc(Cl)cc2Cl)[C@@H](C)C(=O)NC(C)(C)C)cc1. The lowest BCUT2D eigenvalue weighted by Crippen LogP contribution is -2.53. The molecule has 2 aromatic carbocycles. The van der Waals surface area contributed by atoms with Gasteiger partial charge in [0.25, 0.3) is 5.91 Å². The van der Waals surface area contributed by atoms with Gasteiger partial charge in [0.2, 0.25) is 5.91 Å². The van der Waals surface area contributed by atoms with Crippen LogP contribution in [0.1, 0.15) is 58.6 Å². The molecule has 0 saturated carbocycles. The van der Waals surface area contributed by atoms with Crippen LogP contribution in [0, 0.1) is 0 Å². The Balaban J connectivity index is 2.19. The molecule has 7 heteroatoms. The van der Waals surface area contributed by atoms with Gasteiger partial charge in [0.05, 0.1) is 0 Å². The number of ether oxygens (including phenoxy) is 1. The van der Waals surface area contributed by atoms with Crippen molar-refractivity contribution in [2.75, 3.05) is 6.61 Å². The van der Waals surface area contributed by atoms with Crippen molar-refractivity contribution in [3.8, 4) is 5.75 Å². The molecule has 0 aromatic heterocycles. The van der Waals surface area contributed by atoms with Crippen LogP contribution in [0.5, 0.6) is 5.75 Å². The van der Waals surface area contributed by atoms with Crippen LogP contribution in [0.4, 0.5) is 0 Å². The summed E-state index contributed by atoms with van der Waals surface area (Å²) in [7, 11) is 0.